The molecular formula is C15H19Cl2N. The number of fused-ring (bicyclic) bond motifs is 2. The molecule has 3 rings (SSSR count). The number of benzene rings is 1. The van der Waals surface area contributed by atoms with Gasteiger partial charge < -0.3 is 5.32 Å². The van der Waals surface area contributed by atoms with Crippen LogP contribution in [-0.4, -0.2) is 7.05 Å². The maximum absolute atomic E-state index is 6.38. The van der Waals surface area contributed by atoms with Gasteiger partial charge in [0.15, 0.2) is 0 Å². The first-order valence-corrected chi connectivity index (χ1v) is 7.57. The van der Waals surface area contributed by atoms with Crippen LogP contribution in [0.15, 0.2) is 18.2 Å². The molecular weight excluding hydrogens is 265 g/mol. The van der Waals surface area contributed by atoms with E-state index in [9.17, 15) is 0 Å². The Morgan fingerprint density at radius 3 is 2.67 bits per heavy atom. The lowest BCUT2D eigenvalue weighted by atomic mass is 9.80. The first-order chi connectivity index (χ1) is 8.70. The van der Waals surface area contributed by atoms with Crippen molar-refractivity contribution in [2.45, 2.75) is 31.7 Å². The number of hydrogen-bond acceptors (Lipinski definition) is 1. The second-order valence-corrected chi connectivity index (χ2v) is 6.53. The van der Waals surface area contributed by atoms with Crippen LogP contribution in [0.25, 0.3) is 0 Å². The van der Waals surface area contributed by atoms with Crippen molar-refractivity contribution in [3.05, 3.63) is 33.8 Å². The molecule has 2 bridgehead atoms. The van der Waals surface area contributed by atoms with E-state index in [1.807, 2.05) is 19.2 Å². The fourth-order valence-electron chi connectivity index (χ4n) is 4.06. The molecule has 2 fully saturated rings. The van der Waals surface area contributed by atoms with Crippen molar-refractivity contribution in [2.24, 2.45) is 17.8 Å². The summed E-state index contributed by atoms with van der Waals surface area (Å²) >= 11 is 12.5. The van der Waals surface area contributed by atoms with Gasteiger partial charge in [-0.25, -0.2) is 0 Å². The van der Waals surface area contributed by atoms with Crippen LogP contribution in [0.5, 0.6) is 0 Å². The first kappa shape index (κ1) is 12.8. The second kappa shape index (κ2) is 5.03. The third kappa shape index (κ3) is 2.07. The quantitative estimate of drug-likeness (QED) is 0.849. The molecule has 1 N–H and O–H groups in total. The molecule has 1 aromatic carbocycles. The highest BCUT2D eigenvalue weighted by Crippen LogP contribution is 2.53. The van der Waals surface area contributed by atoms with Gasteiger partial charge in [-0.1, -0.05) is 41.8 Å². The molecule has 1 aromatic rings. The lowest BCUT2D eigenvalue weighted by Crippen LogP contribution is -2.29. The minimum atomic E-state index is 0.353. The van der Waals surface area contributed by atoms with Crippen molar-refractivity contribution in [1.82, 2.24) is 5.32 Å². The van der Waals surface area contributed by atoms with Crippen molar-refractivity contribution in [1.29, 1.82) is 0 Å². The van der Waals surface area contributed by atoms with Crippen molar-refractivity contribution < 1.29 is 0 Å². The molecule has 0 saturated heterocycles. The average molecular weight is 284 g/mol. The van der Waals surface area contributed by atoms with Crippen molar-refractivity contribution >= 4 is 23.2 Å². The molecule has 18 heavy (non-hydrogen) atoms. The molecule has 2 aliphatic carbocycles. The van der Waals surface area contributed by atoms with Crippen LogP contribution in [0.1, 0.15) is 37.3 Å². The largest absolute Gasteiger partial charge is 0.313 e. The predicted octanol–water partition coefficient (Wildman–Crippen LogP) is 4.69. The van der Waals surface area contributed by atoms with Crippen LogP contribution in [-0.2, 0) is 0 Å². The Morgan fingerprint density at radius 1 is 1.22 bits per heavy atom. The van der Waals surface area contributed by atoms with Gasteiger partial charge >= 0.3 is 0 Å². The van der Waals surface area contributed by atoms with Gasteiger partial charge in [-0.15, -0.1) is 0 Å². The van der Waals surface area contributed by atoms with E-state index in [1.165, 1.54) is 31.2 Å². The number of rotatable bonds is 3. The molecule has 2 saturated carbocycles. The lowest BCUT2D eigenvalue weighted by Gasteiger charge is -2.31. The highest BCUT2D eigenvalue weighted by atomic mass is 35.5. The third-order valence-electron chi connectivity index (χ3n) is 4.85. The zero-order chi connectivity index (χ0) is 12.7. The smallest absolute Gasteiger partial charge is 0.0640 e. The summed E-state index contributed by atoms with van der Waals surface area (Å²) in [5.41, 5.74) is 1.17. The minimum absolute atomic E-state index is 0.353. The summed E-state index contributed by atoms with van der Waals surface area (Å²) in [6.45, 7) is 0. The Morgan fingerprint density at radius 2 is 2.06 bits per heavy atom. The van der Waals surface area contributed by atoms with E-state index in [-0.39, 0.29) is 0 Å². The molecule has 0 aromatic heterocycles. The summed E-state index contributed by atoms with van der Waals surface area (Å²) in [6, 6.07) is 6.33. The van der Waals surface area contributed by atoms with E-state index in [1.54, 1.807) is 0 Å². The van der Waals surface area contributed by atoms with Gasteiger partial charge in [0.2, 0.25) is 0 Å². The molecule has 0 heterocycles. The lowest BCUT2D eigenvalue weighted by molar-refractivity contribution is 0.259. The Labute approximate surface area is 119 Å². The maximum atomic E-state index is 6.38. The Kier molecular flexibility index (Phi) is 3.57. The highest BCUT2D eigenvalue weighted by molar-refractivity contribution is 6.42. The summed E-state index contributed by atoms with van der Waals surface area (Å²) in [7, 11) is 2.04. The fourth-order valence-corrected chi connectivity index (χ4v) is 4.49. The zero-order valence-corrected chi connectivity index (χ0v) is 12.1. The minimum Gasteiger partial charge on any atom is -0.313 e. The normalized spacial score (nSPS) is 31.8. The van der Waals surface area contributed by atoms with E-state index in [4.69, 9.17) is 23.2 Å². The third-order valence-corrected chi connectivity index (χ3v) is 5.68. The summed E-state index contributed by atoms with van der Waals surface area (Å²) in [5.74, 6) is 2.56. The van der Waals surface area contributed by atoms with Crippen molar-refractivity contribution in [3.63, 3.8) is 0 Å². The Hall–Kier alpha value is -0.240. The number of hydrogen-bond donors (Lipinski definition) is 1. The van der Waals surface area contributed by atoms with Gasteiger partial charge in [0.05, 0.1) is 10.0 Å². The van der Waals surface area contributed by atoms with Gasteiger partial charge in [-0.3, -0.25) is 0 Å². The second-order valence-electron chi connectivity index (χ2n) is 5.75. The summed E-state index contributed by atoms with van der Waals surface area (Å²) in [4.78, 5) is 0. The molecule has 0 radical (unpaired) electrons. The molecule has 4 atom stereocenters. The summed E-state index contributed by atoms with van der Waals surface area (Å²) < 4.78 is 0. The van der Waals surface area contributed by atoms with Gasteiger partial charge in [0.1, 0.15) is 0 Å². The van der Waals surface area contributed by atoms with Gasteiger partial charge in [0, 0.05) is 6.04 Å². The standard InChI is InChI=1S/C15H19Cl2N/c1-18-15(11-3-2-4-13(16)14(11)17)12-8-9-5-6-10(12)7-9/h2-4,9-10,12,15,18H,5-8H2,1H3. The molecule has 0 amide bonds. The van der Waals surface area contributed by atoms with Crippen LogP contribution in [0.2, 0.25) is 10.0 Å². The maximum Gasteiger partial charge on any atom is 0.0640 e. The predicted molar refractivity (Wildman–Crippen MR) is 77.2 cm³/mol. The Bertz CT molecular complexity index is 446. The zero-order valence-electron chi connectivity index (χ0n) is 10.6. The number of halogens is 2. The molecule has 1 nitrogen and oxygen atoms in total. The summed E-state index contributed by atoms with van der Waals surface area (Å²) in [6.07, 6.45) is 5.59. The van der Waals surface area contributed by atoms with Crippen LogP contribution >= 0.6 is 23.2 Å². The van der Waals surface area contributed by atoms with Crippen LogP contribution < -0.4 is 5.32 Å². The van der Waals surface area contributed by atoms with E-state index < -0.39 is 0 Å². The van der Waals surface area contributed by atoms with Gasteiger partial charge in [0.25, 0.3) is 0 Å². The molecule has 2 aliphatic rings. The van der Waals surface area contributed by atoms with E-state index >= 15 is 0 Å². The van der Waals surface area contributed by atoms with E-state index in [0.29, 0.717) is 11.1 Å². The number of nitrogens with one attached hydrogen (secondary N) is 1. The van der Waals surface area contributed by atoms with Crippen LogP contribution in [0, 0.1) is 17.8 Å². The van der Waals surface area contributed by atoms with E-state index in [2.05, 4.69) is 11.4 Å². The highest BCUT2D eigenvalue weighted by Gasteiger charge is 2.43. The van der Waals surface area contributed by atoms with Crippen LogP contribution in [0.4, 0.5) is 0 Å². The molecule has 98 valence electrons. The van der Waals surface area contributed by atoms with Crippen LogP contribution in [0.3, 0.4) is 0 Å². The topological polar surface area (TPSA) is 12.0 Å². The first-order valence-electron chi connectivity index (χ1n) is 6.82. The van der Waals surface area contributed by atoms with Gasteiger partial charge in [-0.2, -0.15) is 0 Å². The molecule has 4 unspecified atom stereocenters. The molecule has 0 aliphatic heterocycles. The molecule has 3 heteroatoms. The van der Waals surface area contributed by atoms with Gasteiger partial charge in [-0.05, 0) is 55.7 Å². The Balaban J connectivity index is 1.90. The van der Waals surface area contributed by atoms with E-state index in [0.717, 1.165) is 22.8 Å². The SMILES string of the molecule is CNC(c1cccc(Cl)c1Cl)C1CC2CCC1C2. The monoisotopic (exact) mass is 283 g/mol. The summed E-state index contributed by atoms with van der Waals surface area (Å²) in [5, 5.41) is 4.86. The van der Waals surface area contributed by atoms with Crippen molar-refractivity contribution in [3.8, 4) is 0 Å². The fraction of sp³-hybridized carbons (Fsp3) is 0.600. The average Bonchev–Trinajstić information content (AvgIpc) is 2.98. The molecule has 0 spiro atoms. The van der Waals surface area contributed by atoms with Crippen molar-refractivity contribution in [2.75, 3.05) is 7.05 Å².